The van der Waals surface area contributed by atoms with Crippen LogP contribution < -0.4 is 0 Å². The van der Waals surface area contributed by atoms with Crippen LogP contribution in [0.3, 0.4) is 0 Å². The van der Waals surface area contributed by atoms with Crippen molar-refractivity contribution in [2.45, 2.75) is 77.8 Å². The van der Waals surface area contributed by atoms with Gasteiger partial charge in [0.2, 0.25) is 0 Å². The van der Waals surface area contributed by atoms with Crippen LogP contribution in [0.25, 0.3) is 11.0 Å². The van der Waals surface area contributed by atoms with Gasteiger partial charge in [-0.25, -0.2) is 9.97 Å². The molecule has 1 unspecified atom stereocenters. The number of hydrogen-bond donors (Lipinski definition) is 0. The molecule has 1 atom stereocenters. The van der Waals surface area contributed by atoms with Crippen molar-refractivity contribution in [1.29, 1.82) is 0 Å². The maximum atomic E-state index is 4.51. The number of aromatic nitrogens is 4. The minimum Gasteiger partial charge on any atom is -0.337 e. The normalized spacial score (nSPS) is 17.2. The van der Waals surface area contributed by atoms with E-state index < -0.39 is 0 Å². The SMILES string of the molecule is CC(Cn1ccnc1)C1CCN(CCCc2ccccc2)CC1.c1ccc(CCCN2CCC(CCn3cnc4ccccc43)CC2)cc1. The third-order valence-electron chi connectivity index (χ3n) is 11.1. The lowest BCUT2D eigenvalue weighted by Crippen LogP contribution is -2.37. The monoisotopic (exact) mass is 658 g/mol. The molecule has 0 amide bonds. The molecule has 6 heteroatoms. The number of hydrogen-bond acceptors (Lipinski definition) is 4. The molecule has 0 N–H and O–H groups in total. The molecule has 0 bridgehead atoms. The van der Waals surface area contributed by atoms with E-state index in [9.17, 15) is 0 Å². The Morgan fingerprint density at radius 1 is 0.673 bits per heavy atom. The first-order valence-corrected chi connectivity index (χ1v) is 19.1. The van der Waals surface area contributed by atoms with Crippen LogP contribution in [0.1, 0.15) is 63.0 Å². The fraction of sp³-hybridized carbons (Fsp3) is 0.488. The van der Waals surface area contributed by atoms with Gasteiger partial charge in [0.05, 0.1) is 23.7 Å². The molecule has 0 saturated carbocycles. The number of imidazole rings is 2. The highest BCUT2D eigenvalue weighted by Crippen LogP contribution is 2.26. The Hall–Kier alpha value is -3.74. The van der Waals surface area contributed by atoms with E-state index in [1.54, 1.807) is 0 Å². The van der Waals surface area contributed by atoms with Crippen molar-refractivity contribution in [3.8, 4) is 0 Å². The van der Waals surface area contributed by atoms with E-state index in [-0.39, 0.29) is 0 Å². The highest BCUT2D eigenvalue weighted by molar-refractivity contribution is 5.74. The topological polar surface area (TPSA) is 42.1 Å². The number of rotatable bonds is 14. The van der Waals surface area contributed by atoms with Gasteiger partial charge in [-0.3, -0.25) is 0 Å². The van der Waals surface area contributed by atoms with Crippen molar-refractivity contribution in [3.05, 3.63) is 121 Å². The zero-order chi connectivity index (χ0) is 33.5. The highest BCUT2D eigenvalue weighted by Gasteiger charge is 2.24. The van der Waals surface area contributed by atoms with Crippen molar-refractivity contribution in [2.75, 3.05) is 39.3 Å². The van der Waals surface area contributed by atoms with Gasteiger partial charge in [0.1, 0.15) is 0 Å². The Morgan fingerprint density at radius 2 is 1.27 bits per heavy atom. The largest absolute Gasteiger partial charge is 0.337 e. The molecule has 2 saturated heterocycles. The molecule has 2 aliphatic rings. The summed E-state index contributed by atoms with van der Waals surface area (Å²) >= 11 is 0. The van der Waals surface area contributed by atoms with Crippen LogP contribution in [-0.4, -0.2) is 68.2 Å². The Labute approximate surface area is 295 Å². The fourth-order valence-corrected chi connectivity index (χ4v) is 7.93. The van der Waals surface area contributed by atoms with Crippen LogP contribution in [0.2, 0.25) is 0 Å². The number of fused-ring (bicyclic) bond motifs is 1. The fourth-order valence-electron chi connectivity index (χ4n) is 7.93. The van der Waals surface area contributed by atoms with Crippen LogP contribution in [0, 0.1) is 17.8 Å². The lowest BCUT2D eigenvalue weighted by molar-refractivity contribution is 0.144. The predicted octanol–water partition coefficient (Wildman–Crippen LogP) is 8.64. The van der Waals surface area contributed by atoms with E-state index in [4.69, 9.17) is 0 Å². The van der Waals surface area contributed by atoms with Gasteiger partial charge in [-0.05, 0) is 138 Å². The second-order valence-corrected chi connectivity index (χ2v) is 14.6. The van der Waals surface area contributed by atoms with E-state index in [0.717, 1.165) is 36.4 Å². The average molecular weight is 659 g/mol. The van der Waals surface area contributed by atoms with Crippen LogP contribution in [0.5, 0.6) is 0 Å². The Morgan fingerprint density at radius 3 is 1.88 bits per heavy atom. The Kier molecular flexibility index (Phi) is 13.5. The second-order valence-electron chi connectivity index (χ2n) is 14.6. The number of likely N-dealkylation sites (tertiary alicyclic amines) is 2. The van der Waals surface area contributed by atoms with E-state index in [1.165, 1.54) is 114 Å². The molecule has 7 rings (SSSR count). The molecular weight excluding hydrogens is 601 g/mol. The van der Waals surface area contributed by atoms with Gasteiger partial charge in [-0.2, -0.15) is 0 Å². The summed E-state index contributed by atoms with van der Waals surface area (Å²) in [6.07, 6.45) is 19.5. The molecular formula is C43H58N6. The number of piperidine rings is 2. The van der Waals surface area contributed by atoms with Crippen LogP contribution in [0.4, 0.5) is 0 Å². The summed E-state index contributed by atoms with van der Waals surface area (Å²) in [6.45, 7) is 12.2. The third-order valence-corrected chi connectivity index (χ3v) is 11.1. The molecule has 3 aromatic carbocycles. The van der Waals surface area contributed by atoms with Gasteiger partial charge in [0.15, 0.2) is 0 Å². The number of para-hydroxylation sites is 2. The molecule has 4 heterocycles. The molecule has 5 aromatic rings. The summed E-state index contributed by atoms with van der Waals surface area (Å²) < 4.78 is 4.54. The molecule has 2 fully saturated rings. The van der Waals surface area contributed by atoms with Crippen molar-refractivity contribution < 1.29 is 0 Å². The molecule has 0 spiro atoms. The van der Waals surface area contributed by atoms with Crippen molar-refractivity contribution >= 4 is 11.0 Å². The molecule has 49 heavy (non-hydrogen) atoms. The predicted molar refractivity (Wildman–Crippen MR) is 204 cm³/mol. The van der Waals surface area contributed by atoms with Crippen molar-refractivity contribution in [3.63, 3.8) is 0 Å². The second kappa shape index (κ2) is 18.9. The van der Waals surface area contributed by atoms with Gasteiger partial charge >= 0.3 is 0 Å². The summed E-state index contributed by atoms with van der Waals surface area (Å²) in [5.74, 6) is 2.47. The van der Waals surface area contributed by atoms with Gasteiger partial charge in [0, 0.05) is 25.5 Å². The first kappa shape index (κ1) is 35.1. The maximum absolute atomic E-state index is 4.51. The summed E-state index contributed by atoms with van der Waals surface area (Å²) in [5, 5.41) is 0. The summed E-state index contributed by atoms with van der Waals surface area (Å²) in [7, 11) is 0. The minimum absolute atomic E-state index is 0.746. The van der Waals surface area contributed by atoms with Crippen LogP contribution in [0.15, 0.2) is 110 Å². The Balaban J connectivity index is 0.000000171. The van der Waals surface area contributed by atoms with Crippen molar-refractivity contribution in [2.24, 2.45) is 17.8 Å². The molecule has 6 nitrogen and oxygen atoms in total. The average Bonchev–Trinajstić information content (AvgIpc) is 3.83. The number of benzene rings is 3. The van der Waals surface area contributed by atoms with Crippen LogP contribution in [-0.2, 0) is 25.9 Å². The first-order chi connectivity index (χ1) is 24.2. The van der Waals surface area contributed by atoms with Gasteiger partial charge in [0.25, 0.3) is 0 Å². The molecule has 2 aromatic heterocycles. The third kappa shape index (κ3) is 11.1. The van der Waals surface area contributed by atoms with Crippen LogP contribution >= 0.6 is 0 Å². The molecule has 0 radical (unpaired) electrons. The van der Waals surface area contributed by atoms with E-state index in [1.807, 2.05) is 18.9 Å². The zero-order valence-corrected chi connectivity index (χ0v) is 29.8. The highest BCUT2D eigenvalue weighted by atomic mass is 15.1. The first-order valence-electron chi connectivity index (χ1n) is 19.1. The lowest BCUT2D eigenvalue weighted by Gasteiger charge is -2.35. The van der Waals surface area contributed by atoms with Gasteiger partial charge in [-0.15, -0.1) is 0 Å². The number of nitrogens with zero attached hydrogens (tertiary/aromatic N) is 6. The van der Waals surface area contributed by atoms with E-state index in [0.29, 0.717) is 0 Å². The Bertz CT molecular complexity index is 1580. The van der Waals surface area contributed by atoms with E-state index in [2.05, 4.69) is 127 Å². The van der Waals surface area contributed by atoms with Gasteiger partial charge < -0.3 is 18.9 Å². The van der Waals surface area contributed by atoms with Crippen molar-refractivity contribution in [1.82, 2.24) is 28.9 Å². The standard InChI is InChI=1S/C23H29N3.C20H29N3/c1-2-7-20(8-3-1)9-6-15-25-16-12-21(13-17-25)14-18-26-19-24-22-10-4-5-11-23(22)26;1-18(16-23-15-11-21-17-23)20-9-13-22(14-10-20)12-5-8-19-6-3-2-4-7-19/h1-5,7-8,10-11,19,21H,6,9,12-18H2;2-4,6-7,11,15,17-18,20H,5,8-10,12-14,16H2,1H3. The number of aryl methyl sites for hydroxylation is 3. The maximum Gasteiger partial charge on any atom is 0.0958 e. The van der Waals surface area contributed by atoms with E-state index >= 15 is 0 Å². The summed E-state index contributed by atoms with van der Waals surface area (Å²) in [4.78, 5) is 14.0. The zero-order valence-electron chi connectivity index (χ0n) is 29.8. The molecule has 2 aliphatic heterocycles. The summed E-state index contributed by atoms with van der Waals surface area (Å²) in [6, 6.07) is 30.2. The molecule has 0 aliphatic carbocycles. The summed E-state index contributed by atoms with van der Waals surface area (Å²) in [5.41, 5.74) is 5.32. The quantitative estimate of drug-likeness (QED) is 0.120. The molecule has 260 valence electrons. The minimum atomic E-state index is 0.746. The lowest BCUT2D eigenvalue weighted by atomic mass is 9.85. The smallest absolute Gasteiger partial charge is 0.0958 e. The van der Waals surface area contributed by atoms with Gasteiger partial charge in [-0.1, -0.05) is 79.7 Å².